The third-order valence-corrected chi connectivity index (χ3v) is 6.69. The smallest absolute Gasteiger partial charge is 0.335 e. The number of likely N-dealkylation sites (N-methyl/N-ethyl adjacent to an activating group) is 1. The molecule has 1 fully saturated rings. The monoisotopic (exact) mass is 483 g/mol. The van der Waals surface area contributed by atoms with E-state index in [1.165, 1.54) is 24.3 Å². The van der Waals surface area contributed by atoms with E-state index in [0.717, 1.165) is 27.3 Å². The van der Waals surface area contributed by atoms with Gasteiger partial charge in [0.25, 0.3) is 11.8 Å². The third-order valence-electron chi connectivity index (χ3n) is 6.16. The van der Waals surface area contributed by atoms with Crippen molar-refractivity contribution in [2.75, 3.05) is 16.8 Å². The predicted octanol–water partition coefficient (Wildman–Crippen LogP) is 5.60. The van der Waals surface area contributed by atoms with Gasteiger partial charge in [0.2, 0.25) is 0 Å². The average Bonchev–Trinajstić information content (AvgIpc) is 2.71. The molecule has 2 aromatic carbocycles. The molecule has 0 atom stereocenters. The Morgan fingerprint density at radius 3 is 2.36 bits per heavy atom. The number of hydrogen-bond donors (Lipinski definition) is 1. The van der Waals surface area contributed by atoms with E-state index in [1.54, 1.807) is 0 Å². The zero-order valence-corrected chi connectivity index (χ0v) is 20.4. The molecule has 0 unspecified atom stereocenters. The summed E-state index contributed by atoms with van der Waals surface area (Å²) in [6.07, 6.45) is 3.70. The average molecular weight is 484 g/mol. The highest BCUT2D eigenvalue weighted by molar-refractivity contribution is 6.42. The van der Waals surface area contributed by atoms with Gasteiger partial charge in [-0.2, -0.15) is 0 Å². The first kappa shape index (κ1) is 23.1. The highest BCUT2D eigenvalue weighted by Crippen LogP contribution is 2.40. The summed E-state index contributed by atoms with van der Waals surface area (Å²) >= 11 is 12.2. The molecule has 4 amide bonds. The van der Waals surface area contributed by atoms with Crippen LogP contribution in [0.25, 0.3) is 11.6 Å². The molecule has 2 aliphatic rings. The fraction of sp³-hybridized carbons (Fsp3) is 0.240. The molecule has 2 aliphatic heterocycles. The van der Waals surface area contributed by atoms with Gasteiger partial charge in [-0.3, -0.25) is 14.9 Å². The van der Waals surface area contributed by atoms with Crippen molar-refractivity contribution < 1.29 is 14.4 Å². The quantitative estimate of drug-likeness (QED) is 0.445. The van der Waals surface area contributed by atoms with E-state index in [0.29, 0.717) is 10.6 Å². The van der Waals surface area contributed by atoms with Crippen LogP contribution in [0.5, 0.6) is 0 Å². The summed E-state index contributed by atoms with van der Waals surface area (Å²) in [5.41, 5.74) is 4.66. The van der Waals surface area contributed by atoms with Crippen LogP contribution in [0.4, 0.5) is 16.2 Å². The lowest BCUT2D eigenvalue weighted by Crippen LogP contribution is -2.54. The number of halogens is 2. The Balaban J connectivity index is 1.80. The number of hydrogen-bond acceptors (Lipinski definition) is 4. The fourth-order valence-corrected chi connectivity index (χ4v) is 4.66. The standard InChI is InChI=1S/C25H23Cl2N3O3/c1-13-8-21-17(14(2)12-25(3,4)29(21)5)9-15(13)10-18-22(31)28-24(33)30(23(18)32)20-7-6-16(26)11-19(20)27/h6-12H,1-5H3,(H,28,31,33)/b18-10-. The maximum Gasteiger partial charge on any atom is 0.335 e. The summed E-state index contributed by atoms with van der Waals surface area (Å²) in [5, 5.41) is 2.71. The minimum absolute atomic E-state index is 0.121. The summed E-state index contributed by atoms with van der Waals surface area (Å²) in [4.78, 5) is 41.4. The lowest BCUT2D eigenvalue weighted by Gasteiger charge is -2.41. The molecule has 1 saturated heterocycles. The molecular formula is C25H23Cl2N3O3. The van der Waals surface area contributed by atoms with Crippen LogP contribution >= 0.6 is 23.2 Å². The van der Waals surface area contributed by atoms with Crippen LogP contribution in [-0.2, 0) is 9.59 Å². The van der Waals surface area contributed by atoms with E-state index < -0.39 is 17.8 Å². The van der Waals surface area contributed by atoms with Crippen LogP contribution < -0.4 is 15.1 Å². The van der Waals surface area contributed by atoms with Crippen molar-refractivity contribution in [1.82, 2.24) is 5.32 Å². The topological polar surface area (TPSA) is 69.7 Å². The number of amides is 4. The number of barbiturate groups is 1. The first-order chi connectivity index (χ1) is 15.4. The van der Waals surface area contributed by atoms with Crippen LogP contribution in [0.3, 0.4) is 0 Å². The van der Waals surface area contributed by atoms with Gasteiger partial charge in [-0.25, -0.2) is 9.69 Å². The van der Waals surface area contributed by atoms with E-state index in [4.69, 9.17) is 23.2 Å². The molecule has 33 heavy (non-hydrogen) atoms. The second-order valence-corrected chi connectivity index (χ2v) is 9.66. The number of anilines is 2. The Morgan fingerprint density at radius 1 is 1.00 bits per heavy atom. The number of carbonyl (C=O) groups excluding carboxylic acids is 3. The highest BCUT2D eigenvalue weighted by atomic mass is 35.5. The van der Waals surface area contributed by atoms with Crippen LogP contribution in [0.15, 0.2) is 42.0 Å². The van der Waals surface area contributed by atoms with Crippen molar-refractivity contribution in [2.24, 2.45) is 0 Å². The summed E-state index contributed by atoms with van der Waals surface area (Å²) < 4.78 is 0. The molecule has 8 heteroatoms. The molecule has 0 aromatic heterocycles. The Labute approximate surface area is 202 Å². The Kier molecular flexibility index (Phi) is 5.63. The number of aryl methyl sites for hydroxylation is 1. The van der Waals surface area contributed by atoms with E-state index in [9.17, 15) is 14.4 Å². The Hall–Kier alpha value is -3.09. The zero-order valence-electron chi connectivity index (χ0n) is 18.9. The number of benzene rings is 2. The molecular weight excluding hydrogens is 461 g/mol. The molecule has 0 saturated carbocycles. The normalized spacial score (nSPS) is 18.9. The van der Waals surface area contributed by atoms with Crippen molar-refractivity contribution in [3.8, 4) is 0 Å². The molecule has 0 bridgehead atoms. The molecule has 6 nitrogen and oxygen atoms in total. The first-order valence-electron chi connectivity index (χ1n) is 10.4. The number of carbonyl (C=O) groups is 3. The number of rotatable bonds is 2. The Morgan fingerprint density at radius 2 is 1.70 bits per heavy atom. The third kappa shape index (κ3) is 3.94. The maximum absolute atomic E-state index is 13.3. The molecule has 0 spiro atoms. The number of allylic oxidation sites excluding steroid dienone is 1. The predicted molar refractivity (Wildman–Crippen MR) is 133 cm³/mol. The van der Waals surface area contributed by atoms with Crippen LogP contribution in [-0.4, -0.2) is 30.4 Å². The maximum atomic E-state index is 13.3. The summed E-state index contributed by atoms with van der Waals surface area (Å²) in [6.45, 7) is 8.25. The van der Waals surface area contributed by atoms with Crippen molar-refractivity contribution in [3.05, 3.63) is 68.7 Å². The van der Waals surface area contributed by atoms with Crippen LogP contribution in [0.2, 0.25) is 10.0 Å². The molecule has 0 aliphatic carbocycles. The number of fused-ring (bicyclic) bond motifs is 1. The molecule has 2 aromatic rings. The molecule has 170 valence electrons. The molecule has 2 heterocycles. The van der Waals surface area contributed by atoms with Crippen molar-refractivity contribution >= 4 is 64.1 Å². The fourth-order valence-electron chi connectivity index (χ4n) is 4.17. The van der Waals surface area contributed by atoms with Gasteiger partial charge < -0.3 is 4.90 Å². The van der Waals surface area contributed by atoms with E-state index in [2.05, 4.69) is 30.1 Å². The molecule has 4 rings (SSSR count). The van der Waals surface area contributed by atoms with Crippen LogP contribution in [0.1, 0.15) is 37.5 Å². The van der Waals surface area contributed by atoms with Gasteiger partial charge in [-0.1, -0.05) is 29.3 Å². The van der Waals surface area contributed by atoms with E-state index >= 15 is 0 Å². The van der Waals surface area contributed by atoms with Gasteiger partial charge in [0, 0.05) is 23.3 Å². The highest BCUT2D eigenvalue weighted by Gasteiger charge is 2.38. The zero-order chi connectivity index (χ0) is 24.2. The number of imide groups is 2. The van der Waals surface area contributed by atoms with Gasteiger partial charge in [-0.15, -0.1) is 0 Å². The van der Waals surface area contributed by atoms with Gasteiger partial charge in [-0.05, 0) is 80.8 Å². The summed E-state index contributed by atoms with van der Waals surface area (Å²) in [7, 11) is 2.04. The first-order valence-corrected chi connectivity index (χ1v) is 11.1. The van der Waals surface area contributed by atoms with Gasteiger partial charge in [0.05, 0.1) is 16.2 Å². The summed E-state index contributed by atoms with van der Waals surface area (Å²) in [6, 6.07) is 7.56. The lowest BCUT2D eigenvalue weighted by molar-refractivity contribution is -0.122. The van der Waals surface area contributed by atoms with Crippen molar-refractivity contribution in [1.29, 1.82) is 0 Å². The molecule has 0 radical (unpaired) electrons. The van der Waals surface area contributed by atoms with Crippen LogP contribution in [0, 0.1) is 6.92 Å². The van der Waals surface area contributed by atoms with Crippen molar-refractivity contribution in [2.45, 2.75) is 33.2 Å². The minimum Gasteiger partial charge on any atom is -0.365 e. The second kappa shape index (κ2) is 8.04. The summed E-state index contributed by atoms with van der Waals surface area (Å²) in [5.74, 6) is -1.51. The van der Waals surface area contributed by atoms with Crippen molar-refractivity contribution in [3.63, 3.8) is 0 Å². The number of urea groups is 1. The number of nitrogens with one attached hydrogen (secondary N) is 1. The van der Waals surface area contributed by atoms with E-state index in [-0.39, 0.29) is 21.8 Å². The molecule has 1 N–H and O–H groups in total. The lowest BCUT2D eigenvalue weighted by atomic mass is 9.87. The van der Waals surface area contributed by atoms with Gasteiger partial charge in [0.1, 0.15) is 5.57 Å². The number of nitrogens with zero attached hydrogens (tertiary/aromatic N) is 2. The van der Waals surface area contributed by atoms with Gasteiger partial charge >= 0.3 is 6.03 Å². The second-order valence-electron chi connectivity index (χ2n) is 8.82. The largest absolute Gasteiger partial charge is 0.365 e. The van der Waals surface area contributed by atoms with E-state index in [1.807, 2.05) is 33.0 Å². The Bertz CT molecular complexity index is 1290. The van der Waals surface area contributed by atoms with Gasteiger partial charge in [0.15, 0.2) is 0 Å². The SMILES string of the molecule is CC1=CC(C)(C)N(C)c2cc(C)c(/C=C3/C(=O)NC(=O)N(c4ccc(Cl)cc4Cl)C3=O)cc21. The minimum atomic E-state index is -0.865.